The molecule has 0 radical (unpaired) electrons. The number of carbonyl (C=O) groups is 1. The Balaban J connectivity index is 1.55. The third kappa shape index (κ3) is 5.25. The summed E-state index contributed by atoms with van der Waals surface area (Å²) < 4.78 is 2.28. The highest BCUT2D eigenvalue weighted by Crippen LogP contribution is 2.45. The van der Waals surface area contributed by atoms with Crippen LogP contribution < -0.4 is 5.32 Å². The number of aliphatic imine (C=N–C) groups is 1. The number of hydrogen-bond donors (Lipinski definition) is 1. The maximum atomic E-state index is 13.6. The largest absolute Gasteiger partial charge is 0.344 e. The average molecular weight is 532 g/mol. The molecule has 2 aromatic carbocycles. The van der Waals surface area contributed by atoms with E-state index in [1.165, 1.54) is 15.8 Å². The summed E-state index contributed by atoms with van der Waals surface area (Å²) in [5, 5.41) is 5.68. The van der Waals surface area contributed by atoms with Crippen molar-refractivity contribution >= 4 is 56.7 Å². The van der Waals surface area contributed by atoms with Crippen molar-refractivity contribution in [2.75, 3.05) is 5.32 Å². The zero-order chi connectivity index (χ0) is 26.3. The van der Waals surface area contributed by atoms with E-state index in [-0.39, 0.29) is 11.3 Å². The molecule has 4 nitrogen and oxygen atoms in total. The Morgan fingerprint density at radius 1 is 1.16 bits per heavy atom. The first-order valence-electron chi connectivity index (χ1n) is 13.0. The minimum Gasteiger partial charge on any atom is -0.344 e. The number of para-hydroxylation sites is 1. The van der Waals surface area contributed by atoms with Crippen LogP contribution in [0, 0.1) is 11.3 Å². The molecular weight excluding hydrogens is 498 g/mol. The Bertz CT molecular complexity index is 1470. The van der Waals surface area contributed by atoms with Gasteiger partial charge < -0.3 is 9.88 Å². The van der Waals surface area contributed by atoms with E-state index >= 15 is 0 Å². The van der Waals surface area contributed by atoms with Crippen molar-refractivity contribution < 1.29 is 4.79 Å². The first kappa shape index (κ1) is 25.7. The van der Waals surface area contributed by atoms with Crippen LogP contribution in [0.25, 0.3) is 10.9 Å². The van der Waals surface area contributed by atoms with E-state index in [0.29, 0.717) is 22.5 Å². The van der Waals surface area contributed by atoms with Gasteiger partial charge in [-0.3, -0.25) is 4.79 Å². The maximum Gasteiger partial charge on any atom is 0.259 e. The van der Waals surface area contributed by atoms with Crippen molar-refractivity contribution in [3.8, 4) is 0 Å². The molecule has 192 valence electrons. The average Bonchev–Trinajstić information content (AvgIpc) is 3.41. The van der Waals surface area contributed by atoms with E-state index in [4.69, 9.17) is 16.6 Å². The predicted molar refractivity (Wildman–Crippen MR) is 158 cm³/mol. The number of halogens is 1. The summed E-state index contributed by atoms with van der Waals surface area (Å²) in [6, 6.07) is 16.0. The molecule has 0 saturated heterocycles. The van der Waals surface area contributed by atoms with E-state index in [1.54, 1.807) is 23.5 Å². The van der Waals surface area contributed by atoms with Crippen LogP contribution in [0.1, 0.15) is 73.4 Å². The number of aromatic nitrogens is 1. The molecule has 0 fully saturated rings. The number of fused-ring (bicyclic) bond motifs is 2. The SMILES string of the molecule is CC(C)n1cc(C=Nc2sc3c(c2C(=O)Nc2ccc(Cl)cc2)CC[C@H](C(C)(C)C)C3)c2ccccc21. The van der Waals surface area contributed by atoms with Gasteiger partial charge in [-0.05, 0) is 80.3 Å². The van der Waals surface area contributed by atoms with Gasteiger partial charge in [0.2, 0.25) is 0 Å². The van der Waals surface area contributed by atoms with E-state index < -0.39 is 0 Å². The molecule has 0 bridgehead atoms. The van der Waals surface area contributed by atoms with Gasteiger partial charge in [-0.1, -0.05) is 50.6 Å². The van der Waals surface area contributed by atoms with Crippen LogP contribution in [-0.2, 0) is 12.8 Å². The van der Waals surface area contributed by atoms with Crippen LogP contribution in [0.4, 0.5) is 10.7 Å². The van der Waals surface area contributed by atoms with E-state index in [9.17, 15) is 4.79 Å². The maximum absolute atomic E-state index is 13.6. The zero-order valence-electron chi connectivity index (χ0n) is 22.1. The lowest BCUT2D eigenvalue weighted by molar-refractivity contribution is 0.102. The van der Waals surface area contributed by atoms with Crippen molar-refractivity contribution in [2.45, 2.75) is 59.9 Å². The molecule has 0 aliphatic heterocycles. The van der Waals surface area contributed by atoms with Gasteiger partial charge in [0.1, 0.15) is 5.00 Å². The second kappa shape index (κ2) is 10.1. The lowest BCUT2D eigenvalue weighted by atomic mass is 9.72. The molecule has 1 aliphatic carbocycles. The number of carbonyl (C=O) groups excluding carboxylic acids is 1. The summed E-state index contributed by atoms with van der Waals surface area (Å²) in [5.41, 5.74) is 5.09. The molecule has 6 heteroatoms. The van der Waals surface area contributed by atoms with Crippen molar-refractivity contribution in [3.05, 3.63) is 81.3 Å². The lowest BCUT2D eigenvalue weighted by Crippen LogP contribution is -2.27. The molecule has 1 atom stereocenters. The van der Waals surface area contributed by atoms with Crippen LogP contribution in [0.2, 0.25) is 5.02 Å². The second-order valence-corrected chi connectivity index (χ2v) is 12.8. The fraction of sp³-hybridized carbons (Fsp3) is 0.355. The number of rotatable bonds is 5. The highest BCUT2D eigenvalue weighted by Gasteiger charge is 2.33. The van der Waals surface area contributed by atoms with Gasteiger partial charge in [-0.2, -0.15) is 0 Å². The van der Waals surface area contributed by atoms with E-state index in [1.807, 2.05) is 18.3 Å². The van der Waals surface area contributed by atoms with Crippen molar-refractivity contribution in [3.63, 3.8) is 0 Å². The molecule has 2 heterocycles. The Labute approximate surface area is 228 Å². The Morgan fingerprint density at radius 3 is 2.59 bits per heavy atom. The number of nitrogens with one attached hydrogen (secondary N) is 1. The number of benzene rings is 2. The monoisotopic (exact) mass is 531 g/mol. The van der Waals surface area contributed by atoms with Crippen molar-refractivity contribution in [2.24, 2.45) is 16.3 Å². The number of amides is 1. The molecule has 0 unspecified atom stereocenters. The van der Waals surface area contributed by atoms with Gasteiger partial charge >= 0.3 is 0 Å². The molecule has 1 N–H and O–H groups in total. The Hall–Kier alpha value is -2.89. The number of hydrogen-bond acceptors (Lipinski definition) is 3. The molecule has 0 spiro atoms. The van der Waals surface area contributed by atoms with Gasteiger partial charge in [-0.15, -0.1) is 11.3 Å². The highest BCUT2D eigenvalue weighted by molar-refractivity contribution is 7.16. The number of anilines is 1. The van der Waals surface area contributed by atoms with E-state index in [0.717, 1.165) is 41.1 Å². The van der Waals surface area contributed by atoms with Crippen molar-refractivity contribution in [1.29, 1.82) is 0 Å². The Kier molecular flexibility index (Phi) is 7.03. The van der Waals surface area contributed by atoms with Gasteiger partial charge in [0.25, 0.3) is 5.91 Å². The highest BCUT2D eigenvalue weighted by atomic mass is 35.5. The molecule has 5 rings (SSSR count). The van der Waals surface area contributed by atoms with Crippen LogP contribution >= 0.6 is 22.9 Å². The minimum absolute atomic E-state index is 0.106. The third-order valence-electron chi connectivity index (χ3n) is 7.45. The van der Waals surface area contributed by atoms with Gasteiger partial charge in [0, 0.05) is 50.5 Å². The summed E-state index contributed by atoms with van der Waals surface area (Å²) in [5.74, 6) is 0.484. The molecule has 2 aromatic heterocycles. The zero-order valence-corrected chi connectivity index (χ0v) is 23.7. The summed E-state index contributed by atoms with van der Waals surface area (Å²) in [6.07, 6.45) is 7.07. The van der Waals surface area contributed by atoms with Crippen LogP contribution in [0.3, 0.4) is 0 Å². The van der Waals surface area contributed by atoms with Crippen LogP contribution in [0.5, 0.6) is 0 Å². The summed E-state index contributed by atoms with van der Waals surface area (Å²) >= 11 is 7.72. The number of nitrogens with zero attached hydrogens (tertiary/aromatic N) is 2. The fourth-order valence-corrected chi connectivity index (χ4v) is 6.65. The topological polar surface area (TPSA) is 46.4 Å². The fourth-order valence-electron chi connectivity index (χ4n) is 5.25. The molecule has 1 amide bonds. The summed E-state index contributed by atoms with van der Waals surface area (Å²) in [4.78, 5) is 19.9. The smallest absolute Gasteiger partial charge is 0.259 e. The summed E-state index contributed by atoms with van der Waals surface area (Å²) in [7, 11) is 0. The van der Waals surface area contributed by atoms with Crippen LogP contribution in [0.15, 0.2) is 59.7 Å². The first-order chi connectivity index (χ1) is 17.6. The lowest BCUT2D eigenvalue weighted by Gasteiger charge is -2.33. The summed E-state index contributed by atoms with van der Waals surface area (Å²) in [6.45, 7) is 11.3. The molecule has 0 saturated carbocycles. The van der Waals surface area contributed by atoms with Gasteiger partial charge in [0.05, 0.1) is 5.56 Å². The molecule has 37 heavy (non-hydrogen) atoms. The van der Waals surface area contributed by atoms with E-state index in [2.05, 4.69) is 75.0 Å². The predicted octanol–water partition coefficient (Wildman–Crippen LogP) is 9.09. The van der Waals surface area contributed by atoms with Gasteiger partial charge in [0.15, 0.2) is 0 Å². The quantitative estimate of drug-likeness (QED) is 0.256. The van der Waals surface area contributed by atoms with Gasteiger partial charge in [-0.25, -0.2) is 4.99 Å². The standard InChI is InChI=1S/C31H34ClN3OS/c1-19(2)35-18-20(24-8-6-7-9-26(24)35)17-33-30-28(29(36)34-23-13-11-22(32)12-14-23)25-15-10-21(31(3,4)5)16-27(25)37-30/h6-9,11-14,17-19,21H,10,15-16H2,1-5H3,(H,34,36)/t21-/m0/s1. The van der Waals surface area contributed by atoms with Crippen molar-refractivity contribution in [1.82, 2.24) is 4.57 Å². The number of thiophene rings is 1. The molecule has 1 aliphatic rings. The third-order valence-corrected chi connectivity index (χ3v) is 8.86. The van der Waals surface area contributed by atoms with Crippen LogP contribution in [-0.4, -0.2) is 16.7 Å². The first-order valence-corrected chi connectivity index (χ1v) is 14.2. The minimum atomic E-state index is -0.106. The normalized spacial score (nSPS) is 16.0. The molecular formula is C31H34ClN3OS. The Morgan fingerprint density at radius 2 is 1.89 bits per heavy atom. The molecule has 4 aromatic rings. The second-order valence-electron chi connectivity index (χ2n) is 11.3.